The van der Waals surface area contributed by atoms with E-state index in [9.17, 15) is 4.79 Å². The second-order valence-electron chi connectivity index (χ2n) is 5.08. The van der Waals surface area contributed by atoms with Crippen LogP contribution in [0.5, 0.6) is 0 Å². The molecule has 17 heavy (non-hydrogen) atoms. The molecule has 0 aromatic heterocycles. The van der Waals surface area contributed by atoms with Crippen molar-refractivity contribution in [3.63, 3.8) is 0 Å². The second kappa shape index (κ2) is 4.90. The van der Waals surface area contributed by atoms with Crippen molar-refractivity contribution < 1.29 is 4.79 Å². The molecule has 1 fully saturated rings. The van der Waals surface area contributed by atoms with Crippen molar-refractivity contribution in [1.29, 1.82) is 0 Å². The Bertz CT molecular complexity index is 373. The van der Waals surface area contributed by atoms with Crippen molar-refractivity contribution in [1.82, 2.24) is 5.43 Å². The second-order valence-corrected chi connectivity index (χ2v) is 5.08. The van der Waals surface area contributed by atoms with E-state index in [4.69, 9.17) is 5.73 Å². The van der Waals surface area contributed by atoms with Crippen LogP contribution >= 0.6 is 0 Å². The fourth-order valence-electron chi connectivity index (χ4n) is 3.25. The molecule has 2 aliphatic carbocycles. The number of hydrogen-bond donors (Lipinski definition) is 2. The molecule has 0 unspecified atom stereocenters. The number of nitrogens with zero attached hydrogens (tertiary/aromatic N) is 1. The van der Waals surface area contributed by atoms with Crippen LogP contribution in [0, 0.1) is 5.41 Å². The topological polar surface area (TPSA) is 67.5 Å². The molecule has 0 spiro atoms. The number of urea groups is 1. The maximum atomic E-state index is 10.7. The zero-order valence-corrected chi connectivity index (χ0v) is 10.5. The molecule has 2 amide bonds. The molecule has 4 nitrogen and oxygen atoms in total. The SMILES string of the molecule is C/C(=N\NC(N)=O)[C@]12CCCC=C1CCCC2. The van der Waals surface area contributed by atoms with E-state index >= 15 is 0 Å². The Balaban J connectivity index is 2.24. The van der Waals surface area contributed by atoms with E-state index in [1.807, 2.05) is 6.92 Å². The first-order chi connectivity index (χ1) is 8.15. The van der Waals surface area contributed by atoms with E-state index in [-0.39, 0.29) is 5.41 Å². The molecule has 4 heteroatoms. The minimum absolute atomic E-state index is 0.110. The quantitative estimate of drug-likeness (QED) is 0.431. The molecule has 94 valence electrons. The zero-order valence-electron chi connectivity index (χ0n) is 10.5. The minimum Gasteiger partial charge on any atom is -0.350 e. The Labute approximate surface area is 102 Å². The van der Waals surface area contributed by atoms with Crippen LogP contribution in [0.2, 0.25) is 0 Å². The average Bonchev–Trinajstić information content (AvgIpc) is 2.35. The largest absolute Gasteiger partial charge is 0.350 e. The maximum absolute atomic E-state index is 10.7. The Morgan fingerprint density at radius 3 is 2.94 bits per heavy atom. The minimum atomic E-state index is -0.585. The molecular weight excluding hydrogens is 214 g/mol. The highest BCUT2D eigenvalue weighted by Crippen LogP contribution is 2.48. The van der Waals surface area contributed by atoms with Gasteiger partial charge in [0.25, 0.3) is 0 Å². The van der Waals surface area contributed by atoms with Gasteiger partial charge >= 0.3 is 6.03 Å². The highest BCUT2D eigenvalue weighted by molar-refractivity contribution is 5.92. The predicted octanol–water partition coefficient (Wildman–Crippen LogP) is 2.70. The normalized spacial score (nSPS) is 29.2. The van der Waals surface area contributed by atoms with Crippen LogP contribution in [0.15, 0.2) is 16.8 Å². The fourth-order valence-corrected chi connectivity index (χ4v) is 3.25. The van der Waals surface area contributed by atoms with Crippen molar-refractivity contribution in [2.24, 2.45) is 16.3 Å². The Hall–Kier alpha value is -1.32. The highest BCUT2D eigenvalue weighted by atomic mass is 16.2. The van der Waals surface area contributed by atoms with Crippen molar-refractivity contribution in [2.75, 3.05) is 0 Å². The van der Waals surface area contributed by atoms with Gasteiger partial charge in [-0.2, -0.15) is 5.10 Å². The van der Waals surface area contributed by atoms with E-state index in [0.29, 0.717) is 0 Å². The summed E-state index contributed by atoms with van der Waals surface area (Å²) < 4.78 is 0. The van der Waals surface area contributed by atoms with Gasteiger partial charge in [-0.3, -0.25) is 0 Å². The van der Waals surface area contributed by atoms with Gasteiger partial charge in [-0.15, -0.1) is 0 Å². The van der Waals surface area contributed by atoms with Gasteiger partial charge in [0.1, 0.15) is 0 Å². The van der Waals surface area contributed by atoms with Gasteiger partial charge in [0.2, 0.25) is 0 Å². The lowest BCUT2D eigenvalue weighted by molar-refractivity contribution is 0.249. The summed E-state index contributed by atoms with van der Waals surface area (Å²) in [6, 6.07) is -0.585. The summed E-state index contributed by atoms with van der Waals surface area (Å²) in [4.78, 5) is 10.7. The summed E-state index contributed by atoms with van der Waals surface area (Å²) in [5.41, 5.74) is 10.1. The van der Waals surface area contributed by atoms with Gasteiger partial charge in [0.15, 0.2) is 0 Å². The first-order valence-electron chi connectivity index (χ1n) is 6.45. The molecule has 2 aliphatic rings. The molecule has 0 aromatic carbocycles. The Kier molecular flexibility index (Phi) is 3.50. The summed E-state index contributed by atoms with van der Waals surface area (Å²) in [7, 11) is 0. The summed E-state index contributed by atoms with van der Waals surface area (Å²) >= 11 is 0. The van der Waals surface area contributed by atoms with Crippen LogP contribution < -0.4 is 11.2 Å². The van der Waals surface area contributed by atoms with Crippen LogP contribution in [0.4, 0.5) is 4.79 Å². The van der Waals surface area contributed by atoms with E-state index < -0.39 is 6.03 Å². The van der Waals surface area contributed by atoms with Gasteiger partial charge in [-0.25, -0.2) is 10.2 Å². The summed E-state index contributed by atoms with van der Waals surface area (Å²) in [5, 5.41) is 4.17. The molecule has 1 saturated carbocycles. The number of nitrogens with one attached hydrogen (secondary N) is 1. The maximum Gasteiger partial charge on any atom is 0.332 e. The smallest absolute Gasteiger partial charge is 0.332 e. The van der Waals surface area contributed by atoms with E-state index in [1.54, 1.807) is 0 Å². The third-order valence-electron chi connectivity index (χ3n) is 4.14. The number of rotatable bonds is 2. The molecule has 0 saturated heterocycles. The van der Waals surface area contributed by atoms with E-state index in [1.165, 1.54) is 37.7 Å². The number of nitrogens with two attached hydrogens (primary N) is 1. The van der Waals surface area contributed by atoms with E-state index in [2.05, 4.69) is 16.6 Å². The lowest BCUT2D eigenvalue weighted by Gasteiger charge is -2.42. The number of carbonyl (C=O) groups is 1. The van der Waals surface area contributed by atoms with Gasteiger partial charge in [-0.05, 0) is 45.4 Å². The number of allylic oxidation sites excluding steroid dienone is 2. The first kappa shape index (κ1) is 12.1. The zero-order chi connectivity index (χ0) is 12.3. The van der Waals surface area contributed by atoms with Crippen LogP contribution in [0.1, 0.15) is 51.9 Å². The molecule has 0 aliphatic heterocycles. The van der Waals surface area contributed by atoms with Crippen molar-refractivity contribution in [3.8, 4) is 0 Å². The summed E-state index contributed by atoms with van der Waals surface area (Å²) in [6.45, 7) is 2.01. The van der Waals surface area contributed by atoms with Crippen molar-refractivity contribution >= 4 is 11.7 Å². The standard InChI is InChI=1S/C13H21N3O/c1-10(15-16-12(14)17)13-8-4-2-6-11(13)7-3-5-9-13/h6H,2-5,7-9H2,1H3,(H3,14,16,17)/b15-10+/t13-/m1/s1. The molecule has 0 bridgehead atoms. The lowest BCUT2D eigenvalue weighted by atomic mass is 9.62. The third kappa shape index (κ3) is 2.35. The molecule has 0 heterocycles. The Morgan fingerprint density at radius 2 is 2.18 bits per heavy atom. The van der Waals surface area contributed by atoms with Gasteiger partial charge in [0, 0.05) is 11.1 Å². The van der Waals surface area contributed by atoms with Gasteiger partial charge in [-0.1, -0.05) is 18.1 Å². The van der Waals surface area contributed by atoms with E-state index in [0.717, 1.165) is 18.6 Å². The van der Waals surface area contributed by atoms with Crippen LogP contribution in [-0.4, -0.2) is 11.7 Å². The summed E-state index contributed by atoms with van der Waals surface area (Å²) in [6.07, 6.45) is 10.8. The highest BCUT2D eigenvalue weighted by Gasteiger charge is 2.40. The van der Waals surface area contributed by atoms with Crippen LogP contribution in [-0.2, 0) is 0 Å². The number of carbonyl (C=O) groups excluding carboxylic acids is 1. The van der Waals surface area contributed by atoms with Gasteiger partial charge in [0.05, 0.1) is 0 Å². The molecule has 0 aromatic rings. The molecule has 3 N–H and O–H groups in total. The number of hydrazone groups is 1. The number of fused-ring (bicyclic) bond motifs is 1. The predicted molar refractivity (Wildman–Crippen MR) is 68.7 cm³/mol. The number of hydrogen-bond acceptors (Lipinski definition) is 2. The average molecular weight is 235 g/mol. The van der Waals surface area contributed by atoms with Crippen LogP contribution in [0.3, 0.4) is 0 Å². The number of primary amides is 1. The van der Waals surface area contributed by atoms with Crippen molar-refractivity contribution in [3.05, 3.63) is 11.6 Å². The Morgan fingerprint density at radius 1 is 1.41 bits per heavy atom. The van der Waals surface area contributed by atoms with Crippen molar-refractivity contribution in [2.45, 2.75) is 51.9 Å². The van der Waals surface area contributed by atoms with Gasteiger partial charge < -0.3 is 5.73 Å². The molecule has 0 radical (unpaired) electrons. The lowest BCUT2D eigenvalue weighted by Crippen LogP contribution is -2.38. The first-order valence-corrected chi connectivity index (χ1v) is 6.45. The molecule has 2 rings (SSSR count). The molecular formula is C13H21N3O. The summed E-state index contributed by atoms with van der Waals surface area (Å²) in [5.74, 6) is 0. The molecule has 1 atom stereocenters. The third-order valence-corrected chi connectivity index (χ3v) is 4.14. The fraction of sp³-hybridized carbons (Fsp3) is 0.692. The number of amides is 2. The van der Waals surface area contributed by atoms with Crippen LogP contribution in [0.25, 0.3) is 0 Å². The monoisotopic (exact) mass is 235 g/mol.